The Hall–Kier alpha value is -2.11. The molecule has 0 radical (unpaired) electrons. The first-order valence-corrected chi connectivity index (χ1v) is 8.85. The summed E-state index contributed by atoms with van der Waals surface area (Å²) in [7, 11) is 0. The van der Waals surface area contributed by atoms with Crippen LogP contribution in [0.15, 0.2) is 24.5 Å². The lowest BCUT2D eigenvalue weighted by Crippen LogP contribution is -2.55. The van der Waals surface area contributed by atoms with Gasteiger partial charge in [0.25, 0.3) is 0 Å². The summed E-state index contributed by atoms with van der Waals surface area (Å²) in [6.45, 7) is 7.84. The monoisotopic (exact) mass is 347 g/mol. The van der Waals surface area contributed by atoms with Crippen LogP contribution in [0.4, 0.5) is 4.79 Å². The topological polar surface area (TPSA) is 80.3 Å². The average molecular weight is 347 g/mol. The van der Waals surface area contributed by atoms with E-state index in [1.807, 2.05) is 39.8 Å². The highest BCUT2D eigenvalue weighted by molar-refractivity contribution is 5.77. The Morgan fingerprint density at radius 2 is 2.00 bits per heavy atom. The molecule has 1 heterocycles. The summed E-state index contributed by atoms with van der Waals surface area (Å²) in [4.78, 5) is 28.3. The van der Waals surface area contributed by atoms with E-state index in [1.54, 1.807) is 12.4 Å². The Morgan fingerprint density at radius 1 is 1.28 bits per heavy atom. The van der Waals surface area contributed by atoms with Crippen LogP contribution in [0.3, 0.4) is 0 Å². The van der Waals surface area contributed by atoms with Gasteiger partial charge in [0.1, 0.15) is 5.60 Å². The second kappa shape index (κ2) is 7.85. The number of hydrogen-bond acceptors (Lipinski definition) is 4. The van der Waals surface area contributed by atoms with Gasteiger partial charge in [-0.25, -0.2) is 4.79 Å². The van der Waals surface area contributed by atoms with E-state index < -0.39 is 17.2 Å². The van der Waals surface area contributed by atoms with Gasteiger partial charge in [-0.1, -0.05) is 6.07 Å². The summed E-state index contributed by atoms with van der Waals surface area (Å²) < 4.78 is 5.27. The van der Waals surface area contributed by atoms with Crippen LogP contribution in [0.25, 0.3) is 0 Å². The van der Waals surface area contributed by atoms with Crippen LogP contribution in [0.5, 0.6) is 0 Å². The van der Waals surface area contributed by atoms with E-state index >= 15 is 0 Å². The standard InChI is InChI=1S/C19H29N3O3/c1-18(2,3)25-17(24)21-13-19(4,15-8-9-15)22-16(23)10-7-14-6-5-11-20-12-14/h5-6,11-12,15H,7-10,13H2,1-4H3,(H,21,24)(H,22,23). The van der Waals surface area contributed by atoms with Crippen molar-refractivity contribution < 1.29 is 14.3 Å². The minimum Gasteiger partial charge on any atom is -0.444 e. The molecular formula is C19H29N3O3. The van der Waals surface area contributed by atoms with Crippen molar-refractivity contribution in [1.82, 2.24) is 15.6 Å². The van der Waals surface area contributed by atoms with Gasteiger partial charge in [0, 0.05) is 25.4 Å². The molecule has 0 aliphatic heterocycles. The number of nitrogens with zero attached hydrogens (tertiary/aromatic N) is 1. The number of carbonyl (C=O) groups is 2. The highest BCUT2D eigenvalue weighted by atomic mass is 16.6. The molecule has 1 atom stereocenters. The van der Waals surface area contributed by atoms with Crippen LogP contribution in [-0.4, -0.2) is 34.7 Å². The van der Waals surface area contributed by atoms with Gasteiger partial charge in [0.2, 0.25) is 5.91 Å². The Morgan fingerprint density at radius 3 is 2.56 bits per heavy atom. The van der Waals surface area contributed by atoms with Crippen molar-refractivity contribution >= 4 is 12.0 Å². The molecule has 1 unspecified atom stereocenters. The number of carbonyl (C=O) groups excluding carboxylic acids is 2. The SMILES string of the molecule is CC(C)(C)OC(=O)NCC(C)(NC(=O)CCc1cccnc1)C1CC1. The molecular weight excluding hydrogens is 318 g/mol. The highest BCUT2D eigenvalue weighted by Crippen LogP contribution is 2.39. The Balaban J connectivity index is 1.84. The summed E-state index contributed by atoms with van der Waals surface area (Å²) in [6.07, 6.45) is 6.22. The fraction of sp³-hybridized carbons (Fsp3) is 0.632. The molecule has 25 heavy (non-hydrogen) atoms. The smallest absolute Gasteiger partial charge is 0.407 e. The third-order valence-electron chi connectivity index (χ3n) is 4.27. The fourth-order valence-electron chi connectivity index (χ4n) is 2.77. The molecule has 2 N–H and O–H groups in total. The number of ether oxygens (including phenoxy) is 1. The number of alkyl carbamates (subject to hydrolysis) is 1. The van der Waals surface area contributed by atoms with Gasteiger partial charge < -0.3 is 15.4 Å². The number of pyridine rings is 1. The van der Waals surface area contributed by atoms with Crippen molar-refractivity contribution in [3.05, 3.63) is 30.1 Å². The Labute approximate surface area is 149 Å². The summed E-state index contributed by atoms with van der Waals surface area (Å²) in [5.41, 5.74) is 0.0633. The van der Waals surface area contributed by atoms with Gasteiger partial charge in [-0.2, -0.15) is 0 Å². The normalized spacial score (nSPS) is 16.6. The quantitative estimate of drug-likeness (QED) is 0.795. The number of aromatic nitrogens is 1. The summed E-state index contributed by atoms with van der Waals surface area (Å²) in [5, 5.41) is 5.91. The van der Waals surface area contributed by atoms with Crippen LogP contribution < -0.4 is 10.6 Å². The van der Waals surface area contributed by atoms with Crippen molar-refractivity contribution in [3.8, 4) is 0 Å². The number of aryl methyl sites for hydroxylation is 1. The Kier molecular flexibility index (Phi) is 6.03. The van der Waals surface area contributed by atoms with Crippen LogP contribution in [-0.2, 0) is 16.0 Å². The Bertz CT molecular complexity index is 594. The first-order chi connectivity index (χ1) is 11.7. The average Bonchev–Trinajstić information content (AvgIpc) is 3.36. The zero-order valence-electron chi connectivity index (χ0n) is 15.6. The van der Waals surface area contributed by atoms with E-state index in [4.69, 9.17) is 4.74 Å². The van der Waals surface area contributed by atoms with Crippen molar-refractivity contribution in [2.45, 2.75) is 64.5 Å². The molecule has 6 nitrogen and oxygen atoms in total. The van der Waals surface area contributed by atoms with Crippen molar-refractivity contribution in [2.24, 2.45) is 5.92 Å². The first-order valence-electron chi connectivity index (χ1n) is 8.85. The molecule has 0 aromatic carbocycles. The van der Waals surface area contributed by atoms with Crippen molar-refractivity contribution in [1.29, 1.82) is 0 Å². The van der Waals surface area contributed by atoms with Crippen LogP contribution in [0.1, 0.15) is 52.5 Å². The molecule has 138 valence electrons. The molecule has 6 heteroatoms. The highest BCUT2D eigenvalue weighted by Gasteiger charge is 2.42. The van der Waals surface area contributed by atoms with Gasteiger partial charge >= 0.3 is 6.09 Å². The summed E-state index contributed by atoms with van der Waals surface area (Å²) >= 11 is 0. The minimum atomic E-state index is -0.535. The molecule has 1 aromatic rings. The lowest BCUT2D eigenvalue weighted by molar-refractivity contribution is -0.123. The molecule has 1 aliphatic rings. The maximum Gasteiger partial charge on any atom is 0.407 e. The molecule has 0 saturated heterocycles. The van der Waals surface area contributed by atoms with Crippen molar-refractivity contribution in [2.75, 3.05) is 6.54 Å². The molecule has 1 fully saturated rings. The molecule has 2 rings (SSSR count). The summed E-state index contributed by atoms with van der Waals surface area (Å²) in [5.74, 6) is 0.383. The third-order valence-corrected chi connectivity index (χ3v) is 4.27. The minimum absolute atomic E-state index is 0.00996. The van der Waals surface area contributed by atoms with Gasteiger partial charge in [-0.15, -0.1) is 0 Å². The maximum absolute atomic E-state index is 12.4. The van der Waals surface area contributed by atoms with E-state index in [1.165, 1.54) is 0 Å². The molecule has 0 spiro atoms. The van der Waals surface area contributed by atoms with E-state index in [0.717, 1.165) is 18.4 Å². The van der Waals surface area contributed by atoms with Gasteiger partial charge in [0.05, 0.1) is 5.54 Å². The predicted octanol–water partition coefficient (Wildman–Crippen LogP) is 2.82. The van der Waals surface area contributed by atoms with Gasteiger partial charge in [0.15, 0.2) is 0 Å². The van der Waals surface area contributed by atoms with E-state index in [-0.39, 0.29) is 5.91 Å². The van der Waals surface area contributed by atoms with Crippen LogP contribution >= 0.6 is 0 Å². The molecule has 1 aromatic heterocycles. The van der Waals surface area contributed by atoms with Gasteiger partial charge in [-0.05, 0) is 64.5 Å². The van der Waals surface area contributed by atoms with Crippen LogP contribution in [0, 0.1) is 5.92 Å². The molecule has 1 aliphatic carbocycles. The second-order valence-corrected chi connectivity index (χ2v) is 7.96. The van der Waals surface area contributed by atoms with E-state index in [2.05, 4.69) is 15.6 Å². The molecule has 0 bridgehead atoms. The predicted molar refractivity (Wildman–Crippen MR) is 96.1 cm³/mol. The lowest BCUT2D eigenvalue weighted by atomic mass is 9.95. The number of amides is 2. The maximum atomic E-state index is 12.4. The molecule has 2 amide bonds. The fourth-order valence-corrected chi connectivity index (χ4v) is 2.77. The van der Waals surface area contributed by atoms with E-state index in [0.29, 0.717) is 25.3 Å². The number of rotatable bonds is 7. The van der Waals surface area contributed by atoms with E-state index in [9.17, 15) is 9.59 Å². The second-order valence-electron chi connectivity index (χ2n) is 7.96. The van der Waals surface area contributed by atoms with Gasteiger partial charge in [-0.3, -0.25) is 9.78 Å². The third kappa shape index (κ3) is 6.72. The largest absolute Gasteiger partial charge is 0.444 e. The zero-order chi connectivity index (χ0) is 18.5. The first kappa shape index (κ1) is 19.2. The molecule has 1 saturated carbocycles. The lowest BCUT2D eigenvalue weighted by Gasteiger charge is -2.32. The van der Waals surface area contributed by atoms with Crippen LogP contribution in [0.2, 0.25) is 0 Å². The number of nitrogens with one attached hydrogen (secondary N) is 2. The number of hydrogen-bond donors (Lipinski definition) is 2. The van der Waals surface area contributed by atoms with Crippen molar-refractivity contribution in [3.63, 3.8) is 0 Å². The zero-order valence-corrected chi connectivity index (χ0v) is 15.6. The summed E-state index contributed by atoms with van der Waals surface area (Å²) in [6, 6.07) is 3.83.